The summed E-state index contributed by atoms with van der Waals surface area (Å²) in [6.07, 6.45) is 1.87. The Bertz CT molecular complexity index is 413. The van der Waals surface area contributed by atoms with E-state index < -0.39 is 0 Å². The highest BCUT2D eigenvalue weighted by Crippen LogP contribution is 2.15. The number of aromatic nitrogens is 2. The molecule has 0 saturated heterocycles. The fraction of sp³-hybridized carbons (Fsp3) is 0.636. The van der Waals surface area contributed by atoms with Gasteiger partial charge in [-0.15, -0.1) is 0 Å². The molecule has 0 aromatic carbocycles. The molecule has 0 aliphatic carbocycles. The predicted molar refractivity (Wildman–Crippen MR) is 62.6 cm³/mol. The Morgan fingerprint density at radius 1 is 1.33 bits per heavy atom. The van der Waals surface area contributed by atoms with Gasteiger partial charge in [0.25, 0.3) is 0 Å². The minimum Gasteiger partial charge on any atom is -0.362 e. The van der Waals surface area contributed by atoms with E-state index in [4.69, 9.17) is 0 Å². The summed E-state index contributed by atoms with van der Waals surface area (Å²) in [4.78, 5) is 17.7. The molecule has 0 fully saturated rings. The summed E-state index contributed by atoms with van der Waals surface area (Å²) in [6, 6.07) is 0. The zero-order chi connectivity index (χ0) is 11.8. The minimum atomic E-state index is -0.223. The molecule has 0 saturated carbocycles. The third-order valence-electron chi connectivity index (χ3n) is 2.23. The molecule has 0 aliphatic heterocycles. The lowest BCUT2D eigenvalue weighted by molar-refractivity contribution is 0.376. The van der Waals surface area contributed by atoms with Gasteiger partial charge in [0, 0.05) is 31.4 Å². The molecule has 4 heteroatoms. The molecular weight excluding hydrogens is 190 g/mol. The lowest BCUT2D eigenvalue weighted by Crippen LogP contribution is -2.36. The van der Waals surface area contributed by atoms with Crippen LogP contribution in [0.3, 0.4) is 0 Å². The molecule has 0 bridgehead atoms. The van der Waals surface area contributed by atoms with Crippen LogP contribution in [0.4, 0.5) is 5.82 Å². The summed E-state index contributed by atoms with van der Waals surface area (Å²) in [5.74, 6) is 0.737. The maximum atomic E-state index is 11.8. The van der Waals surface area contributed by atoms with Crippen molar-refractivity contribution in [2.24, 2.45) is 0 Å². The molecule has 0 spiro atoms. The number of rotatable bonds is 1. The Labute approximate surface area is 90.6 Å². The van der Waals surface area contributed by atoms with Crippen LogP contribution < -0.4 is 10.6 Å². The van der Waals surface area contributed by atoms with Gasteiger partial charge in [-0.2, -0.15) is 4.98 Å². The van der Waals surface area contributed by atoms with Gasteiger partial charge in [-0.05, 0) is 27.7 Å². The van der Waals surface area contributed by atoms with E-state index >= 15 is 0 Å². The maximum absolute atomic E-state index is 11.8. The molecule has 1 heterocycles. The molecular formula is C11H19N3O. The first-order valence-corrected chi connectivity index (χ1v) is 5.01. The average molecular weight is 209 g/mol. The lowest BCUT2D eigenvalue weighted by atomic mass is 10.1. The Morgan fingerprint density at radius 2 is 1.87 bits per heavy atom. The van der Waals surface area contributed by atoms with E-state index in [9.17, 15) is 4.79 Å². The van der Waals surface area contributed by atoms with Gasteiger partial charge in [-0.1, -0.05) is 0 Å². The highest BCUT2D eigenvalue weighted by molar-refractivity contribution is 5.42. The molecule has 0 aliphatic rings. The summed E-state index contributed by atoms with van der Waals surface area (Å²) in [5, 5.41) is 0. The van der Waals surface area contributed by atoms with E-state index in [-0.39, 0.29) is 11.2 Å². The van der Waals surface area contributed by atoms with Crippen LogP contribution in [0.5, 0.6) is 0 Å². The molecule has 0 N–H and O–H groups in total. The van der Waals surface area contributed by atoms with Crippen molar-refractivity contribution in [2.45, 2.75) is 33.2 Å². The fourth-order valence-electron chi connectivity index (χ4n) is 1.47. The number of hydrogen-bond acceptors (Lipinski definition) is 3. The van der Waals surface area contributed by atoms with Gasteiger partial charge in [0.15, 0.2) is 0 Å². The summed E-state index contributed by atoms with van der Waals surface area (Å²) < 4.78 is 1.66. The largest absolute Gasteiger partial charge is 0.362 e. The normalized spacial score (nSPS) is 11.6. The van der Waals surface area contributed by atoms with E-state index in [1.54, 1.807) is 4.57 Å². The second-order valence-electron chi connectivity index (χ2n) is 4.97. The molecule has 1 aromatic heterocycles. The third kappa shape index (κ3) is 2.37. The third-order valence-corrected chi connectivity index (χ3v) is 2.23. The quantitative estimate of drug-likeness (QED) is 0.701. The Kier molecular flexibility index (Phi) is 2.88. The second-order valence-corrected chi connectivity index (χ2v) is 4.97. The smallest absolute Gasteiger partial charge is 0.350 e. The Balaban J connectivity index is 3.39. The maximum Gasteiger partial charge on any atom is 0.350 e. The van der Waals surface area contributed by atoms with Crippen LogP contribution in [0, 0.1) is 6.92 Å². The topological polar surface area (TPSA) is 38.1 Å². The van der Waals surface area contributed by atoms with Gasteiger partial charge < -0.3 is 4.90 Å². The summed E-state index contributed by atoms with van der Waals surface area (Å²) >= 11 is 0. The first-order chi connectivity index (χ1) is 6.73. The van der Waals surface area contributed by atoms with Crippen LogP contribution in [0.25, 0.3) is 0 Å². The first kappa shape index (κ1) is 11.8. The van der Waals surface area contributed by atoms with Gasteiger partial charge in [0.2, 0.25) is 0 Å². The van der Waals surface area contributed by atoms with Crippen molar-refractivity contribution in [3.63, 3.8) is 0 Å². The monoisotopic (exact) mass is 209 g/mol. The van der Waals surface area contributed by atoms with Gasteiger partial charge in [-0.25, -0.2) is 4.79 Å². The van der Waals surface area contributed by atoms with Crippen LogP contribution in [-0.4, -0.2) is 23.6 Å². The minimum absolute atomic E-state index is 0.197. The molecule has 0 radical (unpaired) electrons. The fourth-order valence-corrected chi connectivity index (χ4v) is 1.47. The summed E-state index contributed by atoms with van der Waals surface area (Å²) in [6.45, 7) is 7.94. The zero-order valence-corrected chi connectivity index (χ0v) is 10.3. The van der Waals surface area contributed by atoms with Gasteiger partial charge in [0.05, 0.1) is 0 Å². The van der Waals surface area contributed by atoms with Gasteiger partial charge in [0.1, 0.15) is 5.82 Å². The number of aryl methyl sites for hydroxylation is 1. The number of anilines is 1. The highest BCUT2D eigenvalue weighted by Gasteiger charge is 2.17. The number of hydrogen-bond donors (Lipinski definition) is 0. The molecule has 15 heavy (non-hydrogen) atoms. The van der Waals surface area contributed by atoms with E-state index in [1.165, 1.54) is 0 Å². The molecule has 4 nitrogen and oxygen atoms in total. The molecule has 0 atom stereocenters. The summed E-state index contributed by atoms with van der Waals surface area (Å²) in [7, 11) is 3.77. The van der Waals surface area contributed by atoms with Gasteiger partial charge in [-0.3, -0.25) is 4.57 Å². The van der Waals surface area contributed by atoms with Crippen LogP contribution in [0.15, 0.2) is 11.0 Å². The second kappa shape index (κ2) is 3.68. The van der Waals surface area contributed by atoms with Crippen LogP contribution in [-0.2, 0) is 5.54 Å². The van der Waals surface area contributed by atoms with E-state index in [1.807, 2.05) is 52.9 Å². The standard InChI is InChI=1S/C11H19N3O/c1-8-7-14(11(2,3)4)10(15)12-9(8)13(5)6/h7H,1-6H3. The molecule has 1 aromatic rings. The zero-order valence-electron chi connectivity index (χ0n) is 10.3. The van der Waals surface area contributed by atoms with Crippen LogP contribution >= 0.6 is 0 Å². The lowest BCUT2D eigenvalue weighted by Gasteiger charge is -2.24. The molecule has 0 amide bonds. The predicted octanol–water partition coefficient (Wildman–Crippen LogP) is 1.37. The van der Waals surface area contributed by atoms with Gasteiger partial charge >= 0.3 is 5.69 Å². The van der Waals surface area contributed by atoms with Crippen molar-refractivity contribution < 1.29 is 0 Å². The Morgan fingerprint density at radius 3 is 2.27 bits per heavy atom. The number of nitrogens with zero attached hydrogens (tertiary/aromatic N) is 3. The van der Waals surface area contributed by atoms with Crippen molar-refractivity contribution in [3.8, 4) is 0 Å². The summed E-state index contributed by atoms with van der Waals surface area (Å²) in [5.41, 5.74) is 0.589. The first-order valence-electron chi connectivity index (χ1n) is 5.01. The van der Waals surface area contributed by atoms with E-state index in [2.05, 4.69) is 4.98 Å². The van der Waals surface area contributed by atoms with Crippen molar-refractivity contribution in [1.29, 1.82) is 0 Å². The molecule has 84 valence electrons. The van der Waals surface area contributed by atoms with Crippen molar-refractivity contribution in [1.82, 2.24) is 9.55 Å². The van der Waals surface area contributed by atoms with Crippen molar-refractivity contribution in [2.75, 3.05) is 19.0 Å². The van der Waals surface area contributed by atoms with Crippen molar-refractivity contribution in [3.05, 3.63) is 22.2 Å². The van der Waals surface area contributed by atoms with Crippen molar-refractivity contribution >= 4 is 5.82 Å². The van der Waals surface area contributed by atoms with E-state index in [0.29, 0.717) is 0 Å². The highest BCUT2D eigenvalue weighted by atomic mass is 16.1. The Hall–Kier alpha value is -1.32. The SMILES string of the molecule is Cc1cn(C(C)(C)C)c(=O)nc1N(C)C. The molecule has 0 unspecified atom stereocenters. The van der Waals surface area contributed by atoms with Crippen LogP contribution in [0.1, 0.15) is 26.3 Å². The average Bonchev–Trinajstić information content (AvgIpc) is 2.06. The molecule has 1 rings (SSSR count). The van der Waals surface area contributed by atoms with E-state index in [0.717, 1.165) is 11.4 Å². The van der Waals surface area contributed by atoms with Crippen LogP contribution in [0.2, 0.25) is 0 Å².